The second-order valence-corrected chi connectivity index (χ2v) is 3.64. The van der Waals surface area contributed by atoms with Gasteiger partial charge in [-0.3, -0.25) is 0 Å². The van der Waals surface area contributed by atoms with Crippen molar-refractivity contribution in [3.8, 4) is 0 Å². The zero-order valence-corrected chi connectivity index (χ0v) is 10.2. The number of rotatable bonds is 3. The van der Waals surface area contributed by atoms with Gasteiger partial charge in [-0.15, -0.1) is 12.4 Å². The molecule has 3 N–H and O–H groups in total. The van der Waals surface area contributed by atoms with Gasteiger partial charge in [-0.25, -0.2) is 8.78 Å². The Morgan fingerprint density at radius 1 is 1.38 bits per heavy atom. The van der Waals surface area contributed by atoms with Crippen molar-refractivity contribution >= 4 is 24.0 Å². The molecule has 0 saturated heterocycles. The van der Waals surface area contributed by atoms with Crippen LogP contribution in [0.1, 0.15) is 24.9 Å². The first-order chi connectivity index (χ1) is 6.99. The lowest BCUT2D eigenvalue weighted by Gasteiger charge is -2.19. The van der Waals surface area contributed by atoms with Crippen LogP contribution in [-0.2, 0) is 0 Å². The van der Waals surface area contributed by atoms with Crippen molar-refractivity contribution in [3.05, 3.63) is 34.4 Å². The zero-order valence-electron chi connectivity index (χ0n) is 8.58. The predicted octanol–water partition coefficient (Wildman–Crippen LogP) is 2.81. The Morgan fingerprint density at radius 2 is 1.88 bits per heavy atom. The number of nitrogens with two attached hydrogens (primary N) is 1. The van der Waals surface area contributed by atoms with E-state index in [1.807, 2.05) is 0 Å². The SMILES string of the molecule is CC[C@H](O)[C@H](N)c1c(F)ccc(F)c1Cl.Cl. The van der Waals surface area contributed by atoms with E-state index in [0.29, 0.717) is 6.42 Å². The van der Waals surface area contributed by atoms with Gasteiger partial charge < -0.3 is 10.8 Å². The summed E-state index contributed by atoms with van der Waals surface area (Å²) < 4.78 is 26.4. The molecule has 16 heavy (non-hydrogen) atoms. The van der Waals surface area contributed by atoms with Gasteiger partial charge in [0.2, 0.25) is 0 Å². The highest BCUT2D eigenvalue weighted by Gasteiger charge is 2.23. The summed E-state index contributed by atoms with van der Waals surface area (Å²) in [7, 11) is 0. The lowest BCUT2D eigenvalue weighted by atomic mass is 10.00. The molecule has 2 nitrogen and oxygen atoms in total. The number of halogens is 4. The summed E-state index contributed by atoms with van der Waals surface area (Å²) in [5.41, 5.74) is 5.40. The van der Waals surface area contributed by atoms with Crippen LogP contribution in [-0.4, -0.2) is 11.2 Å². The van der Waals surface area contributed by atoms with Crippen molar-refractivity contribution < 1.29 is 13.9 Å². The van der Waals surface area contributed by atoms with Gasteiger partial charge in [0.05, 0.1) is 17.2 Å². The molecule has 0 aliphatic heterocycles. The second kappa shape index (κ2) is 6.35. The van der Waals surface area contributed by atoms with Crippen molar-refractivity contribution in [3.63, 3.8) is 0 Å². The molecule has 1 aromatic carbocycles. The first-order valence-electron chi connectivity index (χ1n) is 4.56. The molecule has 0 amide bonds. The maximum Gasteiger partial charge on any atom is 0.142 e. The van der Waals surface area contributed by atoms with E-state index in [9.17, 15) is 13.9 Å². The van der Waals surface area contributed by atoms with Gasteiger partial charge >= 0.3 is 0 Å². The molecule has 0 bridgehead atoms. The average Bonchev–Trinajstić information content (AvgIpc) is 2.22. The highest BCUT2D eigenvalue weighted by molar-refractivity contribution is 6.31. The van der Waals surface area contributed by atoms with Crippen LogP contribution in [0.2, 0.25) is 5.02 Å². The van der Waals surface area contributed by atoms with Crippen LogP contribution < -0.4 is 5.73 Å². The Bertz CT molecular complexity index is 363. The topological polar surface area (TPSA) is 46.2 Å². The van der Waals surface area contributed by atoms with Crippen LogP contribution in [0.4, 0.5) is 8.78 Å². The Labute approximate surface area is 104 Å². The van der Waals surface area contributed by atoms with E-state index < -0.39 is 23.8 Å². The third-order valence-electron chi connectivity index (χ3n) is 2.25. The van der Waals surface area contributed by atoms with E-state index in [1.54, 1.807) is 6.92 Å². The lowest BCUT2D eigenvalue weighted by molar-refractivity contribution is 0.139. The number of hydrogen-bond acceptors (Lipinski definition) is 2. The van der Waals surface area contributed by atoms with E-state index in [0.717, 1.165) is 12.1 Å². The van der Waals surface area contributed by atoms with Crippen LogP contribution in [0, 0.1) is 11.6 Å². The molecule has 0 heterocycles. The number of aliphatic hydroxyl groups excluding tert-OH is 1. The Hall–Kier alpha value is -0.420. The molecule has 0 aliphatic rings. The molecule has 0 radical (unpaired) electrons. The normalized spacial score (nSPS) is 14.1. The van der Waals surface area contributed by atoms with Crippen LogP contribution in [0.25, 0.3) is 0 Å². The molecule has 0 spiro atoms. The molecule has 1 aromatic rings. The van der Waals surface area contributed by atoms with Crippen molar-refractivity contribution in [1.82, 2.24) is 0 Å². The molecule has 92 valence electrons. The van der Waals surface area contributed by atoms with Gasteiger partial charge in [-0.1, -0.05) is 18.5 Å². The molecule has 1 rings (SSSR count). The van der Waals surface area contributed by atoms with Gasteiger partial charge in [-0.05, 0) is 18.6 Å². The third-order valence-corrected chi connectivity index (χ3v) is 2.63. The van der Waals surface area contributed by atoms with Gasteiger partial charge in [0.1, 0.15) is 11.6 Å². The maximum atomic E-state index is 13.3. The van der Waals surface area contributed by atoms with E-state index >= 15 is 0 Å². The minimum atomic E-state index is -1.02. The van der Waals surface area contributed by atoms with Crippen LogP contribution in [0.3, 0.4) is 0 Å². The fraction of sp³-hybridized carbons (Fsp3) is 0.400. The summed E-state index contributed by atoms with van der Waals surface area (Å²) in [4.78, 5) is 0. The number of aliphatic hydroxyl groups is 1. The zero-order chi connectivity index (χ0) is 11.6. The summed E-state index contributed by atoms with van der Waals surface area (Å²) in [6.45, 7) is 1.69. The molecule has 0 saturated carbocycles. The molecule has 0 fully saturated rings. The van der Waals surface area contributed by atoms with E-state index in [-0.39, 0.29) is 23.0 Å². The highest BCUT2D eigenvalue weighted by atomic mass is 35.5. The van der Waals surface area contributed by atoms with E-state index in [4.69, 9.17) is 17.3 Å². The van der Waals surface area contributed by atoms with Crippen molar-refractivity contribution in [1.29, 1.82) is 0 Å². The standard InChI is InChI=1S/C10H12ClF2NO.ClH/c1-2-7(15)10(14)8-5(12)3-4-6(13)9(8)11;/h3-4,7,10,15H,2,14H2,1H3;1H/t7-,10-;/m0./s1. The Morgan fingerprint density at radius 3 is 2.38 bits per heavy atom. The average molecular weight is 272 g/mol. The van der Waals surface area contributed by atoms with Gasteiger partial charge in [0, 0.05) is 5.56 Å². The summed E-state index contributed by atoms with van der Waals surface area (Å²) in [6, 6.07) is 0.851. The van der Waals surface area contributed by atoms with Crippen molar-refractivity contribution in [2.24, 2.45) is 5.73 Å². The lowest BCUT2D eigenvalue weighted by Crippen LogP contribution is -2.27. The molecular formula is C10H13Cl2F2NO. The van der Waals surface area contributed by atoms with Gasteiger partial charge in [-0.2, -0.15) is 0 Å². The number of benzene rings is 1. The van der Waals surface area contributed by atoms with Crippen LogP contribution in [0.15, 0.2) is 12.1 Å². The van der Waals surface area contributed by atoms with Crippen molar-refractivity contribution in [2.45, 2.75) is 25.5 Å². The molecule has 0 aromatic heterocycles. The van der Waals surface area contributed by atoms with Crippen molar-refractivity contribution in [2.75, 3.05) is 0 Å². The Balaban J connectivity index is 0.00000225. The quantitative estimate of drug-likeness (QED) is 0.831. The first kappa shape index (κ1) is 15.6. The summed E-state index contributed by atoms with van der Waals surface area (Å²) in [5.74, 6) is -1.45. The largest absolute Gasteiger partial charge is 0.391 e. The summed E-state index contributed by atoms with van der Waals surface area (Å²) in [5, 5.41) is 9.08. The van der Waals surface area contributed by atoms with Gasteiger partial charge in [0.15, 0.2) is 0 Å². The van der Waals surface area contributed by atoms with Crippen LogP contribution >= 0.6 is 24.0 Å². The fourth-order valence-electron chi connectivity index (χ4n) is 1.29. The minimum absolute atomic E-state index is 0. The monoisotopic (exact) mass is 271 g/mol. The smallest absolute Gasteiger partial charge is 0.142 e. The second-order valence-electron chi connectivity index (χ2n) is 3.26. The van der Waals surface area contributed by atoms with Crippen LogP contribution in [0.5, 0.6) is 0 Å². The predicted molar refractivity (Wildman–Crippen MR) is 61.8 cm³/mol. The van der Waals surface area contributed by atoms with Gasteiger partial charge in [0.25, 0.3) is 0 Å². The molecular weight excluding hydrogens is 259 g/mol. The number of hydrogen-bond donors (Lipinski definition) is 2. The maximum absolute atomic E-state index is 13.3. The summed E-state index contributed by atoms with van der Waals surface area (Å²) >= 11 is 5.59. The minimum Gasteiger partial charge on any atom is -0.391 e. The Kier molecular flexibility index (Phi) is 6.18. The first-order valence-corrected chi connectivity index (χ1v) is 4.93. The summed E-state index contributed by atoms with van der Waals surface area (Å²) in [6.07, 6.45) is -0.605. The molecule has 0 unspecified atom stereocenters. The third kappa shape index (κ3) is 3.04. The highest BCUT2D eigenvalue weighted by Crippen LogP contribution is 2.29. The van der Waals surface area contributed by atoms with E-state index in [2.05, 4.69) is 0 Å². The molecule has 2 atom stereocenters. The fourth-order valence-corrected chi connectivity index (χ4v) is 1.57. The molecule has 0 aliphatic carbocycles. The van der Waals surface area contributed by atoms with E-state index in [1.165, 1.54) is 0 Å². The molecule has 6 heteroatoms.